The van der Waals surface area contributed by atoms with Gasteiger partial charge in [-0.1, -0.05) is 0 Å². The van der Waals surface area contributed by atoms with Crippen LogP contribution in [0.3, 0.4) is 0 Å². The smallest absolute Gasteiger partial charge is 0.0586 e. The molecule has 1 N–H and O–H groups in total. The minimum absolute atomic E-state index is 0.0533. The number of aliphatic hydroxyl groups excluding tert-OH is 1. The van der Waals surface area contributed by atoms with Gasteiger partial charge in [0, 0.05) is 17.3 Å². The van der Waals surface area contributed by atoms with Crippen molar-refractivity contribution in [3.8, 4) is 0 Å². The first-order valence-electron chi connectivity index (χ1n) is 4.60. The molecule has 0 aliphatic carbocycles. The highest BCUT2D eigenvalue weighted by molar-refractivity contribution is 7.81. The summed E-state index contributed by atoms with van der Waals surface area (Å²) in [6.45, 7) is 6.62. The normalized spacial score (nSPS) is 26.5. The Kier molecular flexibility index (Phi) is 3.44. The Balaban J connectivity index is 2.41. The van der Waals surface area contributed by atoms with Crippen LogP contribution in [0.25, 0.3) is 0 Å². The molecular weight excluding hydrogens is 170 g/mol. The molecule has 1 rings (SSSR count). The molecule has 0 saturated carbocycles. The van der Waals surface area contributed by atoms with Crippen molar-refractivity contribution >= 4 is 12.6 Å². The van der Waals surface area contributed by atoms with Gasteiger partial charge in [-0.3, -0.25) is 4.90 Å². The summed E-state index contributed by atoms with van der Waals surface area (Å²) >= 11 is 4.49. The standard InChI is InChI=1S/C9H19NOS/c1-9(2,12)7-10-5-3-4-8(10)6-11/h8,11-12H,3-7H2,1-2H3. The number of hydrogen-bond acceptors (Lipinski definition) is 3. The van der Waals surface area contributed by atoms with E-state index in [-0.39, 0.29) is 4.75 Å². The first-order valence-corrected chi connectivity index (χ1v) is 5.05. The molecule has 0 aromatic heterocycles. The predicted octanol–water partition coefficient (Wildman–Crippen LogP) is 1.15. The van der Waals surface area contributed by atoms with Gasteiger partial charge >= 0.3 is 0 Å². The first kappa shape index (κ1) is 10.4. The van der Waals surface area contributed by atoms with E-state index in [9.17, 15) is 0 Å². The molecule has 3 heteroatoms. The van der Waals surface area contributed by atoms with E-state index in [1.807, 2.05) is 0 Å². The van der Waals surface area contributed by atoms with Gasteiger partial charge in [-0.2, -0.15) is 12.6 Å². The number of likely N-dealkylation sites (tertiary alicyclic amines) is 1. The van der Waals surface area contributed by atoms with Crippen LogP contribution in [0.15, 0.2) is 0 Å². The SMILES string of the molecule is CC(C)(S)CN1CCCC1CO. The second-order valence-corrected chi connectivity index (χ2v) is 5.47. The van der Waals surface area contributed by atoms with Crippen LogP contribution in [-0.2, 0) is 0 Å². The zero-order valence-electron chi connectivity index (χ0n) is 7.95. The molecule has 1 aliphatic rings. The molecule has 1 saturated heterocycles. The second-order valence-electron chi connectivity index (χ2n) is 4.26. The highest BCUT2D eigenvalue weighted by Crippen LogP contribution is 2.22. The minimum Gasteiger partial charge on any atom is -0.395 e. The molecule has 0 aromatic rings. The van der Waals surface area contributed by atoms with E-state index in [1.54, 1.807) is 0 Å². The van der Waals surface area contributed by atoms with Gasteiger partial charge in [0.05, 0.1) is 6.61 Å². The van der Waals surface area contributed by atoms with E-state index < -0.39 is 0 Å². The summed E-state index contributed by atoms with van der Waals surface area (Å²) in [5.41, 5.74) is 0. The molecule has 0 spiro atoms. The molecule has 1 fully saturated rings. The van der Waals surface area contributed by atoms with Crippen LogP contribution in [0.4, 0.5) is 0 Å². The molecule has 0 radical (unpaired) electrons. The van der Waals surface area contributed by atoms with Crippen LogP contribution in [0.5, 0.6) is 0 Å². The van der Waals surface area contributed by atoms with Gasteiger partial charge in [0.15, 0.2) is 0 Å². The van der Waals surface area contributed by atoms with Gasteiger partial charge in [0.2, 0.25) is 0 Å². The summed E-state index contributed by atoms with van der Waals surface area (Å²) in [6, 6.07) is 0.386. The highest BCUT2D eigenvalue weighted by Gasteiger charge is 2.27. The third-order valence-electron chi connectivity index (χ3n) is 2.30. The van der Waals surface area contributed by atoms with Crippen molar-refractivity contribution in [3.63, 3.8) is 0 Å². The topological polar surface area (TPSA) is 23.5 Å². The lowest BCUT2D eigenvalue weighted by molar-refractivity contribution is 0.152. The van der Waals surface area contributed by atoms with Crippen molar-refractivity contribution < 1.29 is 5.11 Å². The first-order chi connectivity index (χ1) is 5.53. The van der Waals surface area contributed by atoms with Crippen molar-refractivity contribution in [1.29, 1.82) is 0 Å². The summed E-state index contributed by atoms with van der Waals surface area (Å²) in [6.07, 6.45) is 2.36. The Hall–Kier alpha value is 0.270. The van der Waals surface area contributed by atoms with Crippen LogP contribution >= 0.6 is 12.6 Å². The molecule has 1 heterocycles. The van der Waals surface area contributed by atoms with E-state index in [0.29, 0.717) is 12.6 Å². The molecule has 72 valence electrons. The number of thiol groups is 1. The monoisotopic (exact) mass is 189 g/mol. The van der Waals surface area contributed by atoms with Crippen molar-refractivity contribution in [3.05, 3.63) is 0 Å². The fourth-order valence-corrected chi connectivity index (χ4v) is 1.99. The summed E-state index contributed by atoms with van der Waals surface area (Å²) in [5, 5.41) is 9.07. The van der Waals surface area contributed by atoms with Crippen molar-refractivity contribution in [2.75, 3.05) is 19.7 Å². The molecule has 0 aromatic carbocycles. The summed E-state index contributed by atoms with van der Waals surface area (Å²) < 4.78 is 0.0533. The Morgan fingerprint density at radius 2 is 2.25 bits per heavy atom. The fourth-order valence-electron chi connectivity index (χ4n) is 1.81. The zero-order chi connectivity index (χ0) is 9.19. The van der Waals surface area contributed by atoms with E-state index >= 15 is 0 Å². The molecule has 12 heavy (non-hydrogen) atoms. The Labute approximate surface area is 80.4 Å². The Morgan fingerprint density at radius 3 is 2.75 bits per heavy atom. The van der Waals surface area contributed by atoms with Crippen molar-refractivity contribution in [2.24, 2.45) is 0 Å². The lowest BCUT2D eigenvalue weighted by Crippen LogP contribution is -2.40. The highest BCUT2D eigenvalue weighted by atomic mass is 32.1. The van der Waals surface area contributed by atoms with Crippen molar-refractivity contribution in [2.45, 2.75) is 37.5 Å². The number of hydrogen-bond donors (Lipinski definition) is 2. The van der Waals surface area contributed by atoms with Gasteiger partial charge < -0.3 is 5.11 Å². The number of rotatable bonds is 3. The molecule has 0 bridgehead atoms. The number of nitrogens with zero attached hydrogens (tertiary/aromatic N) is 1. The Bertz CT molecular complexity index is 144. The van der Waals surface area contributed by atoms with E-state index in [0.717, 1.165) is 19.5 Å². The van der Waals surface area contributed by atoms with Crippen LogP contribution in [0.1, 0.15) is 26.7 Å². The van der Waals surface area contributed by atoms with Gasteiger partial charge in [-0.25, -0.2) is 0 Å². The van der Waals surface area contributed by atoms with Gasteiger partial charge in [-0.15, -0.1) is 0 Å². The fraction of sp³-hybridized carbons (Fsp3) is 1.00. The summed E-state index contributed by atoms with van der Waals surface area (Å²) in [4.78, 5) is 2.34. The third-order valence-corrected chi connectivity index (χ3v) is 2.44. The molecule has 0 amide bonds. The largest absolute Gasteiger partial charge is 0.395 e. The maximum absolute atomic E-state index is 9.07. The lowest BCUT2D eigenvalue weighted by Gasteiger charge is -2.29. The van der Waals surface area contributed by atoms with E-state index in [4.69, 9.17) is 5.11 Å². The van der Waals surface area contributed by atoms with Crippen LogP contribution in [0.2, 0.25) is 0 Å². The zero-order valence-corrected chi connectivity index (χ0v) is 8.85. The van der Waals surface area contributed by atoms with E-state index in [2.05, 4.69) is 31.4 Å². The molecule has 2 nitrogen and oxygen atoms in total. The summed E-state index contributed by atoms with van der Waals surface area (Å²) in [5.74, 6) is 0. The molecular formula is C9H19NOS. The van der Waals surface area contributed by atoms with Crippen LogP contribution in [-0.4, -0.2) is 40.5 Å². The van der Waals surface area contributed by atoms with Crippen LogP contribution in [0, 0.1) is 0 Å². The van der Waals surface area contributed by atoms with Gasteiger partial charge in [0.1, 0.15) is 0 Å². The van der Waals surface area contributed by atoms with Crippen LogP contribution < -0.4 is 0 Å². The van der Waals surface area contributed by atoms with Gasteiger partial charge in [0.25, 0.3) is 0 Å². The Morgan fingerprint density at radius 1 is 1.58 bits per heavy atom. The minimum atomic E-state index is 0.0533. The number of aliphatic hydroxyl groups is 1. The van der Waals surface area contributed by atoms with Crippen molar-refractivity contribution in [1.82, 2.24) is 4.90 Å². The molecule has 1 aliphatic heterocycles. The average molecular weight is 189 g/mol. The molecule has 1 unspecified atom stereocenters. The second kappa shape index (κ2) is 3.99. The lowest BCUT2D eigenvalue weighted by atomic mass is 10.1. The summed E-state index contributed by atoms with van der Waals surface area (Å²) in [7, 11) is 0. The maximum Gasteiger partial charge on any atom is 0.0586 e. The van der Waals surface area contributed by atoms with Gasteiger partial charge in [-0.05, 0) is 33.2 Å². The molecule has 1 atom stereocenters. The maximum atomic E-state index is 9.07. The quantitative estimate of drug-likeness (QED) is 0.651. The van der Waals surface area contributed by atoms with E-state index in [1.165, 1.54) is 6.42 Å². The third kappa shape index (κ3) is 2.96. The average Bonchev–Trinajstić information content (AvgIpc) is 2.31. The predicted molar refractivity (Wildman–Crippen MR) is 54.7 cm³/mol.